The summed E-state index contributed by atoms with van der Waals surface area (Å²) in [5, 5.41) is 8.23. The zero-order valence-electron chi connectivity index (χ0n) is 20.4. The van der Waals surface area contributed by atoms with E-state index in [0.29, 0.717) is 45.2 Å². The van der Waals surface area contributed by atoms with Crippen molar-refractivity contribution in [1.29, 1.82) is 0 Å². The molecule has 0 bridgehead atoms. The first kappa shape index (κ1) is 24.8. The Morgan fingerprint density at radius 1 is 0.943 bits per heavy atom. The van der Waals surface area contributed by atoms with Gasteiger partial charge in [0.2, 0.25) is 11.8 Å². The lowest BCUT2D eigenvalue weighted by molar-refractivity contribution is -0.134. The van der Waals surface area contributed by atoms with Crippen LogP contribution in [0.5, 0.6) is 5.75 Å². The maximum Gasteiger partial charge on any atom is 0.273 e. The minimum absolute atomic E-state index is 0.0107. The molecule has 2 aliphatic rings. The predicted octanol–water partition coefficient (Wildman–Crippen LogP) is 1.32. The van der Waals surface area contributed by atoms with Crippen LogP contribution in [0.4, 0.5) is 0 Å². The molecule has 10 nitrogen and oxygen atoms in total. The second kappa shape index (κ2) is 11.9. The molecule has 0 radical (unpaired) electrons. The van der Waals surface area contributed by atoms with Crippen molar-refractivity contribution in [3.05, 3.63) is 40.3 Å². The fraction of sp³-hybridized carbons (Fsp3) is 0.560. The maximum absolute atomic E-state index is 12.7. The van der Waals surface area contributed by atoms with Crippen molar-refractivity contribution < 1.29 is 14.3 Å². The van der Waals surface area contributed by atoms with Crippen LogP contribution in [0.2, 0.25) is 0 Å². The molecule has 0 aliphatic carbocycles. The standard InChI is InChI=1S/C25H34N6O4/c1-2-17-35-20-7-5-19(6-8-20)24-26-25(34)21(27-28-24)9-10-22(32)31-15-13-29(14-16-31)18-23(33)30-11-3-4-12-30/h5-8H,2-4,9-18H2,1H3,(H,26,28,34). The zero-order valence-corrected chi connectivity index (χ0v) is 20.4. The normalized spacial score (nSPS) is 16.5. The number of amides is 2. The number of hydrogen-bond donors (Lipinski definition) is 1. The molecule has 0 saturated carbocycles. The lowest BCUT2D eigenvalue weighted by Crippen LogP contribution is -2.51. The van der Waals surface area contributed by atoms with Gasteiger partial charge in [-0.3, -0.25) is 19.3 Å². The Kier molecular flexibility index (Phi) is 8.46. The van der Waals surface area contributed by atoms with E-state index in [0.717, 1.165) is 43.7 Å². The molecule has 0 unspecified atom stereocenters. The van der Waals surface area contributed by atoms with Crippen molar-refractivity contribution in [2.24, 2.45) is 0 Å². The molecule has 10 heteroatoms. The third-order valence-corrected chi connectivity index (χ3v) is 6.48. The topological polar surface area (TPSA) is 112 Å². The van der Waals surface area contributed by atoms with Crippen molar-refractivity contribution in [1.82, 2.24) is 29.9 Å². The molecule has 1 aromatic carbocycles. The van der Waals surface area contributed by atoms with Gasteiger partial charge in [-0.05, 0) is 43.5 Å². The Labute approximate surface area is 205 Å². The Balaban J connectivity index is 1.24. The van der Waals surface area contributed by atoms with Gasteiger partial charge in [0.15, 0.2) is 5.82 Å². The van der Waals surface area contributed by atoms with E-state index >= 15 is 0 Å². The van der Waals surface area contributed by atoms with Crippen LogP contribution in [-0.2, 0) is 16.0 Å². The molecule has 0 atom stereocenters. The van der Waals surface area contributed by atoms with Gasteiger partial charge in [-0.25, -0.2) is 0 Å². The van der Waals surface area contributed by atoms with Crippen LogP contribution in [0.1, 0.15) is 38.3 Å². The Hall–Kier alpha value is -3.27. The largest absolute Gasteiger partial charge is 0.494 e. The molecular formula is C25H34N6O4. The summed E-state index contributed by atoms with van der Waals surface area (Å²) in [4.78, 5) is 46.1. The summed E-state index contributed by atoms with van der Waals surface area (Å²) in [7, 11) is 0. The molecule has 2 amide bonds. The number of carbonyl (C=O) groups is 2. The first-order valence-corrected chi connectivity index (χ1v) is 12.5. The number of piperazine rings is 1. The van der Waals surface area contributed by atoms with E-state index in [1.54, 1.807) is 4.90 Å². The van der Waals surface area contributed by atoms with Crippen molar-refractivity contribution >= 4 is 11.8 Å². The molecule has 2 saturated heterocycles. The highest BCUT2D eigenvalue weighted by atomic mass is 16.5. The van der Waals surface area contributed by atoms with Crippen molar-refractivity contribution in [3.63, 3.8) is 0 Å². The summed E-state index contributed by atoms with van der Waals surface area (Å²) in [6.07, 6.45) is 3.55. The smallest absolute Gasteiger partial charge is 0.273 e. The Morgan fingerprint density at radius 2 is 1.63 bits per heavy atom. The zero-order chi connectivity index (χ0) is 24.6. The van der Waals surface area contributed by atoms with E-state index in [1.165, 1.54) is 0 Å². The highest BCUT2D eigenvalue weighted by Crippen LogP contribution is 2.18. The average molecular weight is 483 g/mol. The number of nitrogens with zero attached hydrogens (tertiary/aromatic N) is 5. The number of aryl methyl sites for hydroxylation is 1. The molecule has 4 rings (SSSR count). The van der Waals surface area contributed by atoms with E-state index in [1.807, 2.05) is 36.1 Å². The quantitative estimate of drug-likeness (QED) is 0.574. The number of carbonyl (C=O) groups excluding carboxylic acids is 2. The summed E-state index contributed by atoms with van der Waals surface area (Å²) in [5.41, 5.74) is 0.654. The number of ether oxygens (including phenoxy) is 1. The van der Waals surface area contributed by atoms with Crippen LogP contribution in [-0.4, -0.2) is 94.1 Å². The number of benzene rings is 1. The number of aromatic amines is 1. The van der Waals surface area contributed by atoms with Gasteiger partial charge in [0.25, 0.3) is 5.56 Å². The molecular weight excluding hydrogens is 448 g/mol. The third kappa shape index (κ3) is 6.66. The number of nitrogens with one attached hydrogen (secondary N) is 1. The number of aromatic nitrogens is 3. The van der Waals surface area contributed by atoms with E-state index in [2.05, 4.69) is 20.1 Å². The monoisotopic (exact) mass is 482 g/mol. The minimum Gasteiger partial charge on any atom is -0.494 e. The fourth-order valence-corrected chi connectivity index (χ4v) is 4.38. The Bertz CT molecular complexity index is 1060. The summed E-state index contributed by atoms with van der Waals surface area (Å²) >= 11 is 0. The highest BCUT2D eigenvalue weighted by Gasteiger charge is 2.25. The summed E-state index contributed by atoms with van der Waals surface area (Å²) < 4.78 is 5.57. The van der Waals surface area contributed by atoms with Gasteiger partial charge in [-0.1, -0.05) is 6.92 Å². The number of likely N-dealkylation sites (tertiary alicyclic amines) is 1. The van der Waals surface area contributed by atoms with Crippen molar-refractivity contribution in [3.8, 4) is 17.1 Å². The molecule has 35 heavy (non-hydrogen) atoms. The van der Waals surface area contributed by atoms with E-state index < -0.39 is 0 Å². The predicted molar refractivity (Wildman–Crippen MR) is 131 cm³/mol. The summed E-state index contributed by atoms with van der Waals surface area (Å²) in [6.45, 7) is 7.39. The van der Waals surface area contributed by atoms with Crippen LogP contribution in [0.15, 0.2) is 29.1 Å². The van der Waals surface area contributed by atoms with Gasteiger partial charge in [-0.2, -0.15) is 0 Å². The highest BCUT2D eigenvalue weighted by molar-refractivity contribution is 5.79. The summed E-state index contributed by atoms with van der Waals surface area (Å²) in [6, 6.07) is 7.32. The SMILES string of the molecule is CCCOc1ccc(-c2nnc(CCC(=O)N3CCN(CC(=O)N4CCCC4)CC3)c(=O)[nH]2)cc1. The number of rotatable bonds is 9. The lowest BCUT2D eigenvalue weighted by Gasteiger charge is -2.35. The molecule has 0 spiro atoms. The molecule has 2 aromatic rings. The average Bonchev–Trinajstić information content (AvgIpc) is 3.43. The van der Waals surface area contributed by atoms with Crippen LogP contribution in [0.25, 0.3) is 11.4 Å². The third-order valence-electron chi connectivity index (χ3n) is 6.48. The molecule has 188 valence electrons. The number of hydrogen-bond acceptors (Lipinski definition) is 7. The molecule has 3 heterocycles. The van der Waals surface area contributed by atoms with Crippen LogP contribution in [0.3, 0.4) is 0 Å². The van der Waals surface area contributed by atoms with Gasteiger partial charge in [0, 0.05) is 57.7 Å². The fourth-order valence-electron chi connectivity index (χ4n) is 4.38. The first-order valence-electron chi connectivity index (χ1n) is 12.5. The maximum atomic E-state index is 12.7. The van der Waals surface area contributed by atoms with Crippen LogP contribution in [0, 0.1) is 0 Å². The van der Waals surface area contributed by atoms with Gasteiger partial charge >= 0.3 is 0 Å². The second-order valence-corrected chi connectivity index (χ2v) is 9.07. The van der Waals surface area contributed by atoms with Crippen LogP contribution >= 0.6 is 0 Å². The minimum atomic E-state index is -0.334. The van der Waals surface area contributed by atoms with E-state index in [4.69, 9.17) is 4.74 Å². The molecule has 2 fully saturated rings. The molecule has 2 aliphatic heterocycles. The number of H-pyrrole nitrogens is 1. The molecule has 1 N–H and O–H groups in total. The summed E-state index contributed by atoms with van der Waals surface area (Å²) in [5.74, 6) is 1.32. The second-order valence-electron chi connectivity index (χ2n) is 9.07. The van der Waals surface area contributed by atoms with Gasteiger partial charge in [-0.15, -0.1) is 10.2 Å². The van der Waals surface area contributed by atoms with Crippen molar-refractivity contribution in [2.45, 2.75) is 39.0 Å². The molecule has 1 aromatic heterocycles. The van der Waals surface area contributed by atoms with E-state index in [-0.39, 0.29) is 35.9 Å². The van der Waals surface area contributed by atoms with Gasteiger partial charge in [0.05, 0.1) is 13.2 Å². The van der Waals surface area contributed by atoms with Gasteiger partial charge < -0.3 is 19.5 Å². The first-order chi connectivity index (χ1) is 17.0. The Morgan fingerprint density at radius 3 is 2.29 bits per heavy atom. The lowest BCUT2D eigenvalue weighted by atomic mass is 10.2. The van der Waals surface area contributed by atoms with Crippen LogP contribution < -0.4 is 10.3 Å². The van der Waals surface area contributed by atoms with Gasteiger partial charge in [0.1, 0.15) is 11.4 Å². The van der Waals surface area contributed by atoms with Crippen molar-refractivity contribution in [2.75, 3.05) is 52.4 Å². The van der Waals surface area contributed by atoms with E-state index in [9.17, 15) is 14.4 Å².